The van der Waals surface area contributed by atoms with Crippen LogP contribution < -0.4 is 10.9 Å². The Morgan fingerprint density at radius 2 is 1.69 bits per heavy atom. The molecule has 5 rings (SSSR count). The summed E-state index contributed by atoms with van der Waals surface area (Å²) in [4.78, 5) is 33.0. The molecule has 0 radical (unpaired) electrons. The first-order valence-electron chi connectivity index (χ1n) is 9.07. The van der Waals surface area contributed by atoms with Crippen molar-refractivity contribution in [3.8, 4) is 11.4 Å². The Kier molecular flexibility index (Phi) is 3.95. The van der Waals surface area contributed by atoms with E-state index in [4.69, 9.17) is 4.42 Å². The molecule has 1 amide bonds. The molecule has 29 heavy (non-hydrogen) atoms. The van der Waals surface area contributed by atoms with Gasteiger partial charge in [0.05, 0.1) is 16.7 Å². The third-order valence-corrected chi connectivity index (χ3v) is 4.71. The molecule has 2 heterocycles. The van der Waals surface area contributed by atoms with Gasteiger partial charge in [-0.2, -0.15) is 0 Å². The molecule has 140 valence electrons. The number of aromatic amines is 1. The van der Waals surface area contributed by atoms with Gasteiger partial charge in [0.1, 0.15) is 17.0 Å². The second kappa shape index (κ2) is 6.76. The van der Waals surface area contributed by atoms with Crippen LogP contribution in [0.4, 0.5) is 5.69 Å². The smallest absolute Gasteiger partial charge is 0.349 e. The predicted molar refractivity (Wildman–Crippen MR) is 112 cm³/mol. The average molecular weight is 381 g/mol. The molecule has 6 nitrogen and oxygen atoms in total. The van der Waals surface area contributed by atoms with E-state index in [1.165, 1.54) is 0 Å². The topological polar surface area (TPSA) is 88.0 Å². The van der Waals surface area contributed by atoms with Gasteiger partial charge in [0, 0.05) is 10.9 Å². The number of aromatic nitrogens is 2. The first-order valence-corrected chi connectivity index (χ1v) is 9.07. The molecule has 0 aliphatic rings. The highest BCUT2D eigenvalue weighted by molar-refractivity contribution is 6.07. The van der Waals surface area contributed by atoms with Gasteiger partial charge in [-0.25, -0.2) is 9.78 Å². The number of hydrogen-bond donors (Lipinski definition) is 2. The van der Waals surface area contributed by atoms with Crippen LogP contribution in [-0.4, -0.2) is 15.9 Å². The molecule has 5 aromatic rings. The van der Waals surface area contributed by atoms with Crippen LogP contribution in [0.5, 0.6) is 0 Å². The van der Waals surface area contributed by atoms with Crippen molar-refractivity contribution in [2.24, 2.45) is 0 Å². The summed E-state index contributed by atoms with van der Waals surface area (Å²) < 4.78 is 5.27. The molecule has 0 saturated carbocycles. The number of imidazole rings is 1. The zero-order chi connectivity index (χ0) is 19.8. The van der Waals surface area contributed by atoms with Gasteiger partial charge in [-0.1, -0.05) is 42.5 Å². The Hall–Kier alpha value is -4.19. The number of nitrogens with one attached hydrogen (secondary N) is 2. The second-order valence-electron chi connectivity index (χ2n) is 6.59. The lowest BCUT2D eigenvalue weighted by atomic mass is 10.1. The number of H-pyrrole nitrogens is 1. The zero-order valence-corrected chi connectivity index (χ0v) is 15.2. The molecule has 2 N–H and O–H groups in total. The van der Waals surface area contributed by atoms with E-state index in [2.05, 4.69) is 15.3 Å². The Morgan fingerprint density at radius 3 is 2.59 bits per heavy atom. The average Bonchev–Trinajstić information content (AvgIpc) is 3.17. The molecular weight excluding hydrogens is 366 g/mol. The van der Waals surface area contributed by atoms with E-state index in [-0.39, 0.29) is 5.56 Å². The van der Waals surface area contributed by atoms with Crippen LogP contribution in [0.3, 0.4) is 0 Å². The molecule has 0 saturated heterocycles. The van der Waals surface area contributed by atoms with E-state index in [1.54, 1.807) is 30.3 Å². The predicted octanol–water partition coefficient (Wildman–Crippen LogP) is 4.59. The van der Waals surface area contributed by atoms with Crippen molar-refractivity contribution in [1.82, 2.24) is 9.97 Å². The first kappa shape index (κ1) is 16.9. The Morgan fingerprint density at radius 1 is 0.931 bits per heavy atom. The van der Waals surface area contributed by atoms with E-state index < -0.39 is 11.5 Å². The number of rotatable bonds is 3. The minimum Gasteiger partial charge on any atom is -0.422 e. The SMILES string of the molecule is O=C(Nc1ccccc1-c1nc2ccccc2[nH]1)c1cc2ccccc2oc1=O. The summed E-state index contributed by atoms with van der Waals surface area (Å²) in [7, 11) is 0. The normalized spacial score (nSPS) is 11.0. The summed E-state index contributed by atoms with van der Waals surface area (Å²) in [6.45, 7) is 0. The summed E-state index contributed by atoms with van der Waals surface area (Å²) in [5.74, 6) is 0.0979. The lowest BCUT2D eigenvalue weighted by molar-refractivity contribution is 0.102. The highest BCUT2D eigenvalue weighted by Crippen LogP contribution is 2.28. The van der Waals surface area contributed by atoms with E-state index in [0.717, 1.165) is 16.6 Å². The fourth-order valence-electron chi connectivity index (χ4n) is 3.29. The molecule has 0 atom stereocenters. The van der Waals surface area contributed by atoms with Crippen LogP contribution in [0.25, 0.3) is 33.4 Å². The second-order valence-corrected chi connectivity index (χ2v) is 6.59. The summed E-state index contributed by atoms with van der Waals surface area (Å²) >= 11 is 0. The molecule has 0 bridgehead atoms. The maximum absolute atomic E-state index is 12.8. The van der Waals surface area contributed by atoms with Crippen LogP contribution in [0.1, 0.15) is 10.4 Å². The van der Waals surface area contributed by atoms with Gasteiger partial charge in [0.25, 0.3) is 5.91 Å². The number of benzene rings is 3. The minimum atomic E-state index is -0.678. The molecular formula is C23H15N3O3. The van der Waals surface area contributed by atoms with Crippen LogP contribution in [0, 0.1) is 0 Å². The number of para-hydroxylation sites is 4. The number of anilines is 1. The number of carbonyl (C=O) groups excluding carboxylic acids is 1. The monoisotopic (exact) mass is 381 g/mol. The van der Waals surface area contributed by atoms with Crippen LogP contribution in [0.15, 0.2) is 88.1 Å². The van der Waals surface area contributed by atoms with Gasteiger partial charge in [0.2, 0.25) is 0 Å². The number of fused-ring (bicyclic) bond motifs is 2. The molecule has 0 aliphatic heterocycles. The van der Waals surface area contributed by atoms with Crippen molar-refractivity contribution in [1.29, 1.82) is 0 Å². The van der Waals surface area contributed by atoms with Gasteiger partial charge in [-0.3, -0.25) is 4.79 Å². The zero-order valence-electron chi connectivity index (χ0n) is 15.2. The Balaban J connectivity index is 1.54. The maximum atomic E-state index is 12.8. The number of amides is 1. The van der Waals surface area contributed by atoms with Gasteiger partial charge >= 0.3 is 5.63 Å². The number of carbonyl (C=O) groups is 1. The highest BCUT2D eigenvalue weighted by atomic mass is 16.4. The van der Waals surface area contributed by atoms with Gasteiger partial charge in [-0.05, 0) is 36.4 Å². The van der Waals surface area contributed by atoms with Crippen molar-refractivity contribution in [2.75, 3.05) is 5.32 Å². The minimum absolute atomic E-state index is 0.0527. The first-order chi connectivity index (χ1) is 14.2. The molecule has 0 spiro atoms. The summed E-state index contributed by atoms with van der Waals surface area (Å²) in [6.07, 6.45) is 0. The Bertz CT molecular complexity index is 1400. The molecule has 0 aliphatic carbocycles. The Labute approximate surface area is 164 Å². The van der Waals surface area contributed by atoms with Crippen molar-refractivity contribution in [2.45, 2.75) is 0 Å². The maximum Gasteiger partial charge on any atom is 0.349 e. The van der Waals surface area contributed by atoms with E-state index >= 15 is 0 Å². The molecule has 6 heteroatoms. The van der Waals surface area contributed by atoms with Crippen LogP contribution in [-0.2, 0) is 0 Å². The summed E-state index contributed by atoms with van der Waals surface area (Å²) in [5.41, 5.74) is 2.71. The highest BCUT2D eigenvalue weighted by Gasteiger charge is 2.17. The van der Waals surface area contributed by atoms with Crippen molar-refractivity contribution < 1.29 is 9.21 Å². The quantitative estimate of drug-likeness (QED) is 0.448. The fourth-order valence-corrected chi connectivity index (χ4v) is 3.29. The van der Waals surface area contributed by atoms with E-state index in [1.807, 2.05) is 48.5 Å². The largest absolute Gasteiger partial charge is 0.422 e. The van der Waals surface area contributed by atoms with Crippen molar-refractivity contribution >= 4 is 33.6 Å². The molecule has 0 unspecified atom stereocenters. The lowest BCUT2D eigenvalue weighted by Crippen LogP contribution is -2.21. The molecule has 0 fully saturated rings. The van der Waals surface area contributed by atoms with Gasteiger partial charge in [-0.15, -0.1) is 0 Å². The molecule has 2 aromatic heterocycles. The van der Waals surface area contributed by atoms with E-state index in [0.29, 0.717) is 22.5 Å². The van der Waals surface area contributed by atoms with Gasteiger partial charge < -0.3 is 14.7 Å². The lowest BCUT2D eigenvalue weighted by Gasteiger charge is -2.09. The van der Waals surface area contributed by atoms with Crippen molar-refractivity contribution in [3.63, 3.8) is 0 Å². The fraction of sp³-hybridized carbons (Fsp3) is 0. The number of hydrogen-bond acceptors (Lipinski definition) is 4. The third kappa shape index (κ3) is 3.06. The number of nitrogens with zero attached hydrogens (tertiary/aromatic N) is 1. The van der Waals surface area contributed by atoms with Crippen LogP contribution in [0.2, 0.25) is 0 Å². The standard InChI is InChI=1S/C23H15N3O3/c27-22(16-13-14-7-1-6-12-20(14)29-23(16)28)26-17-9-3-2-8-15(17)21-24-18-10-4-5-11-19(18)25-21/h1-13H,(H,24,25)(H,26,27). The third-order valence-electron chi connectivity index (χ3n) is 4.71. The van der Waals surface area contributed by atoms with E-state index in [9.17, 15) is 9.59 Å². The van der Waals surface area contributed by atoms with Crippen LogP contribution >= 0.6 is 0 Å². The van der Waals surface area contributed by atoms with Crippen molar-refractivity contribution in [3.05, 3.63) is 94.8 Å². The summed E-state index contributed by atoms with van der Waals surface area (Å²) in [6, 6.07) is 23.6. The molecule has 3 aromatic carbocycles. The van der Waals surface area contributed by atoms with Gasteiger partial charge in [0.15, 0.2) is 0 Å². The summed E-state index contributed by atoms with van der Waals surface area (Å²) in [5, 5.41) is 3.50.